The van der Waals surface area contributed by atoms with Gasteiger partial charge in [0.15, 0.2) is 0 Å². The monoisotopic (exact) mass is 290 g/mol. The van der Waals surface area contributed by atoms with Crippen molar-refractivity contribution >= 4 is 27.5 Å². The van der Waals surface area contributed by atoms with Crippen LogP contribution in [0.2, 0.25) is 0 Å². The number of hydrogen-bond acceptors (Lipinski definition) is 2. The number of thiophene rings is 1. The normalized spacial score (nSPS) is 12.6. The molecular formula is C16H22N2OS. The summed E-state index contributed by atoms with van der Waals surface area (Å²) in [5, 5.41) is 9.36. The average molecular weight is 290 g/mol. The van der Waals surface area contributed by atoms with Gasteiger partial charge in [0, 0.05) is 17.3 Å². The second kappa shape index (κ2) is 6.75. The van der Waals surface area contributed by atoms with Crippen LogP contribution in [0.4, 0.5) is 4.79 Å². The molecule has 1 aromatic heterocycles. The molecule has 0 aliphatic rings. The molecular weight excluding hydrogens is 268 g/mol. The van der Waals surface area contributed by atoms with Gasteiger partial charge in [-0.15, -0.1) is 11.3 Å². The molecule has 2 aromatic rings. The van der Waals surface area contributed by atoms with Crippen LogP contribution in [0.25, 0.3) is 10.1 Å². The molecule has 20 heavy (non-hydrogen) atoms. The summed E-state index contributed by atoms with van der Waals surface area (Å²) in [5.74, 6) is 0.446. The van der Waals surface area contributed by atoms with Crippen molar-refractivity contribution in [1.29, 1.82) is 0 Å². The number of nitrogens with one attached hydrogen (secondary N) is 2. The topological polar surface area (TPSA) is 41.1 Å². The Morgan fingerprint density at radius 3 is 2.75 bits per heavy atom. The summed E-state index contributed by atoms with van der Waals surface area (Å²) >= 11 is 1.76. The van der Waals surface area contributed by atoms with Crippen molar-refractivity contribution < 1.29 is 4.79 Å². The predicted octanol–water partition coefficient (Wildman–Crippen LogP) is 3.79. The summed E-state index contributed by atoms with van der Waals surface area (Å²) in [4.78, 5) is 11.7. The number of amides is 2. The van der Waals surface area contributed by atoms with Crippen molar-refractivity contribution in [2.24, 2.45) is 5.92 Å². The van der Waals surface area contributed by atoms with Crippen LogP contribution in [-0.2, 0) is 6.42 Å². The number of benzene rings is 1. The third-order valence-corrected chi connectivity index (χ3v) is 4.61. The molecule has 0 aliphatic heterocycles. The largest absolute Gasteiger partial charge is 0.338 e. The van der Waals surface area contributed by atoms with Gasteiger partial charge >= 0.3 is 6.03 Å². The maximum absolute atomic E-state index is 11.7. The highest BCUT2D eigenvalue weighted by atomic mass is 32.1. The molecule has 3 nitrogen and oxygen atoms in total. The highest BCUT2D eigenvalue weighted by Crippen LogP contribution is 2.25. The third kappa shape index (κ3) is 3.73. The lowest BCUT2D eigenvalue weighted by Gasteiger charge is -2.17. The van der Waals surface area contributed by atoms with Gasteiger partial charge in [0.05, 0.1) is 0 Å². The van der Waals surface area contributed by atoms with Crippen molar-refractivity contribution in [3.8, 4) is 0 Å². The van der Waals surface area contributed by atoms with E-state index in [9.17, 15) is 4.79 Å². The van der Waals surface area contributed by atoms with E-state index in [2.05, 4.69) is 54.1 Å². The Morgan fingerprint density at radius 1 is 1.25 bits per heavy atom. The number of urea groups is 1. The summed E-state index contributed by atoms with van der Waals surface area (Å²) in [6.07, 6.45) is 0.869. The fraction of sp³-hybridized carbons (Fsp3) is 0.438. The van der Waals surface area contributed by atoms with E-state index < -0.39 is 0 Å². The molecule has 0 saturated carbocycles. The zero-order valence-corrected chi connectivity index (χ0v) is 13.1. The van der Waals surface area contributed by atoms with Crippen molar-refractivity contribution in [1.82, 2.24) is 10.6 Å². The van der Waals surface area contributed by atoms with E-state index in [4.69, 9.17) is 0 Å². The lowest BCUT2D eigenvalue weighted by atomic mass is 10.1. The van der Waals surface area contributed by atoms with Crippen LogP contribution in [0, 0.1) is 5.92 Å². The second-order valence-electron chi connectivity index (χ2n) is 5.44. The quantitative estimate of drug-likeness (QED) is 0.864. The van der Waals surface area contributed by atoms with E-state index in [1.165, 1.54) is 15.6 Å². The number of carbonyl (C=O) groups excluding carboxylic acids is 1. The molecule has 4 heteroatoms. The lowest BCUT2D eigenvalue weighted by molar-refractivity contribution is 0.234. The van der Waals surface area contributed by atoms with Gasteiger partial charge in [-0.3, -0.25) is 0 Å². The molecule has 0 saturated heterocycles. The minimum Gasteiger partial charge on any atom is -0.338 e. The molecule has 2 N–H and O–H groups in total. The van der Waals surface area contributed by atoms with Gasteiger partial charge in [-0.25, -0.2) is 4.79 Å². The first-order chi connectivity index (χ1) is 9.58. The van der Waals surface area contributed by atoms with E-state index in [0.29, 0.717) is 12.5 Å². The fourth-order valence-corrected chi connectivity index (χ4v) is 2.96. The molecule has 1 aromatic carbocycles. The van der Waals surface area contributed by atoms with Crippen LogP contribution in [0.5, 0.6) is 0 Å². The Labute approximate surface area is 124 Å². The third-order valence-electron chi connectivity index (χ3n) is 3.60. The van der Waals surface area contributed by atoms with Gasteiger partial charge in [-0.1, -0.05) is 32.0 Å². The first-order valence-electron chi connectivity index (χ1n) is 7.07. The minimum absolute atomic E-state index is 0.0780. The van der Waals surface area contributed by atoms with Gasteiger partial charge in [0.1, 0.15) is 0 Å². The van der Waals surface area contributed by atoms with Crippen LogP contribution in [0.1, 0.15) is 26.3 Å². The molecule has 1 unspecified atom stereocenters. The zero-order chi connectivity index (χ0) is 14.5. The Bertz CT molecular complexity index is 577. The van der Waals surface area contributed by atoms with Gasteiger partial charge < -0.3 is 10.6 Å². The molecule has 0 aliphatic carbocycles. The minimum atomic E-state index is -0.0780. The first kappa shape index (κ1) is 14.9. The summed E-state index contributed by atoms with van der Waals surface area (Å²) in [6.45, 7) is 6.89. The molecule has 0 radical (unpaired) electrons. The smallest absolute Gasteiger partial charge is 0.315 e. The highest BCUT2D eigenvalue weighted by Gasteiger charge is 2.10. The maximum atomic E-state index is 11.7. The molecule has 1 heterocycles. The molecule has 108 valence electrons. The van der Waals surface area contributed by atoms with Crippen LogP contribution in [-0.4, -0.2) is 18.6 Å². The predicted molar refractivity (Wildman–Crippen MR) is 86.4 cm³/mol. The van der Waals surface area contributed by atoms with E-state index in [-0.39, 0.29) is 12.1 Å². The fourth-order valence-electron chi connectivity index (χ4n) is 1.96. The number of hydrogen-bond donors (Lipinski definition) is 2. The standard InChI is InChI=1S/C16H22N2OS/c1-11(2)12(3)18-16(19)17-9-8-13-10-20-15-7-5-4-6-14(13)15/h4-7,10-12H,8-9H2,1-3H3,(H2,17,18,19). The van der Waals surface area contributed by atoms with E-state index in [0.717, 1.165) is 6.42 Å². The Morgan fingerprint density at radius 2 is 2.00 bits per heavy atom. The number of rotatable bonds is 5. The maximum Gasteiger partial charge on any atom is 0.315 e. The summed E-state index contributed by atoms with van der Waals surface area (Å²) in [7, 11) is 0. The molecule has 2 amide bonds. The molecule has 0 spiro atoms. The van der Waals surface area contributed by atoms with Crippen molar-refractivity contribution in [2.45, 2.75) is 33.2 Å². The van der Waals surface area contributed by atoms with Crippen molar-refractivity contribution in [3.05, 3.63) is 35.2 Å². The second-order valence-corrected chi connectivity index (χ2v) is 6.35. The van der Waals surface area contributed by atoms with Crippen LogP contribution < -0.4 is 10.6 Å². The zero-order valence-electron chi connectivity index (χ0n) is 12.3. The number of fused-ring (bicyclic) bond motifs is 1. The highest BCUT2D eigenvalue weighted by molar-refractivity contribution is 7.17. The van der Waals surface area contributed by atoms with Crippen molar-refractivity contribution in [3.63, 3.8) is 0 Å². The molecule has 2 rings (SSSR count). The Hall–Kier alpha value is -1.55. The molecule has 0 fully saturated rings. The Balaban J connectivity index is 1.83. The van der Waals surface area contributed by atoms with Crippen molar-refractivity contribution in [2.75, 3.05) is 6.54 Å². The molecule has 1 atom stereocenters. The first-order valence-corrected chi connectivity index (χ1v) is 7.95. The van der Waals surface area contributed by atoms with Gasteiger partial charge in [0.2, 0.25) is 0 Å². The summed E-state index contributed by atoms with van der Waals surface area (Å²) in [6, 6.07) is 8.50. The van der Waals surface area contributed by atoms with E-state index in [1.807, 2.05) is 6.92 Å². The van der Waals surface area contributed by atoms with Gasteiger partial charge in [0.25, 0.3) is 0 Å². The molecule has 0 bridgehead atoms. The lowest BCUT2D eigenvalue weighted by Crippen LogP contribution is -2.43. The number of carbonyl (C=O) groups is 1. The van der Waals surface area contributed by atoms with Gasteiger partial charge in [-0.05, 0) is 41.7 Å². The van der Waals surface area contributed by atoms with E-state index >= 15 is 0 Å². The Kier molecular flexibility index (Phi) is 5.01. The van der Waals surface area contributed by atoms with Crippen LogP contribution in [0.15, 0.2) is 29.6 Å². The van der Waals surface area contributed by atoms with Crippen LogP contribution in [0.3, 0.4) is 0 Å². The van der Waals surface area contributed by atoms with Gasteiger partial charge in [-0.2, -0.15) is 0 Å². The van der Waals surface area contributed by atoms with E-state index in [1.54, 1.807) is 11.3 Å². The summed E-state index contributed by atoms with van der Waals surface area (Å²) < 4.78 is 1.31. The average Bonchev–Trinajstić information content (AvgIpc) is 2.82. The SMILES string of the molecule is CC(C)C(C)NC(=O)NCCc1csc2ccccc12. The van der Waals surface area contributed by atoms with Crippen LogP contribution >= 0.6 is 11.3 Å². The summed E-state index contributed by atoms with van der Waals surface area (Å²) in [5.41, 5.74) is 1.31.